The van der Waals surface area contributed by atoms with Crippen molar-refractivity contribution in [3.63, 3.8) is 0 Å². The predicted octanol–water partition coefficient (Wildman–Crippen LogP) is 3.19. The van der Waals surface area contributed by atoms with E-state index in [1.807, 2.05) is 0 Å². The Morgan fingerprint density at radius 3 is 2.74 bits per heavy atom. The molecule has 1 aromatic heterocycles. The van der Waals surface area contributed by atoms with E-state index in [2.05, 4.69) is 5.32 Å². The zero-order valence-electron chi connectivity index (χ0n) is 12.1. The second-order valence-electron chi connectivity index (χ2n) is 4.82. The molecule has 0 aliphatic rings. The molecule has 5 nitrogen and oxygen atoms in total. The van der Waals surface area contributed by atoms with E-state index in [4.69, 9.17) is 9.15 Å². The molecule has 0 fully saturated rings. The summed E-state index contributed by atoms with van der Waals surface area (Å²) in [7, 11) is 1.50. The molecule has 0 aliphatic heterocycles. The Morgan fingerprint density at radius 1 is 1.17 bits per heavy atom. The molecule has 1 amide bonds. The summed E-state index contributed by atoms with van der Waals surface area (Å²) in [6.45, 7) is 0. The number of rotatable bonds is 3. The van der Waals surface area contributed by atoms with Crippen LogP contribution in [0, 0.1) is 5.82 Å². The second kappa shape index (κ2) is 5.92. The van der Waals surface area contributed by atoms with Crippen LogP contribution in [0.4, 0.5) is 10.1 Å². The zero-order valence-corrected chi connectivity index (χ0v) is 12.1. The molecule has 3 rings (SSSR count). The molecule has 116 valence electrons. The third kappa shape index (κ3) is 3.06. The minimum Gasteiger partial charge on any atom is -0.497 e. The first-order chi connectivity index (χ1) is 11.1. The number of methoxy groups -OCH3 is 1. The number of halogens is 1. The van der Waals surface area contributed by atoms with Crippen molar-refractivity contribution in [3.05, 3.63) is 70.3 Å². The number of hydrogen-bond acceptors (Lipinski definition) is 4. The topological polar surface area (TPSA) is 68.5 Å². The van der Waals surface area contributed by atoms with Crippen LogP contribution in [0.2, 0.25) is 0 Å². The molecular weight excluding hydrogens is 301 g/mol. The lowest BCUT2D eigenvalue weighted by Gasteiger charge is -2.06. The fraction of sp³-hybridized carbons (Fsp3) is 0.0588. The molecule has 0 atom stereocenters. The molecule has 0 bridgehead atoms. The molecule has 2 aromatic carbocycles. The fourth-order valence-corrected chi connectivity index (χ4v) is 2.14. The van der Waals surface area contributed by atoms with Crippen LogP contribution in [-0.4, -0.2) is 13.0 Å². The van der Waals surface area contributed by atoms with Crippen LogP contribution in [0.25, 0.3) is 11.0 Å². The fourth-order valence-electron chi connectivity index (χ4n) is 2.14. The third-order valence-electron chi connectivity index (χ3n) is 3.27. The van der Waals surface area contributed by atoms with Gasteiger partial charge in [0.15, 0.2) is 0 Å². The van der Waals surface area contributed by atoms with Crippen molar-refractivity contribution in [2.75, 3.05) is 12.4 Å². The van der Waals surface area contributed by atoms with Crippen molar-refractivity contribution in [1.82, 2.24) is 0 Å². The number of benzene rings is 2. The molecule has 1 N–H and O–H groups in total. The van der Waals surface area contributed by atoms with Crippen molar-refractivity contribution in [3.8, 4) is 5.75 Å². The van der Waals surface area contributed by atoms with Crippen molar-refractivity contribution in [2.45, 2.75) is 0 Å². The summed E-state index contributed by atoms with van der Waals surface area (Å²) in [5, 5.41) is 3.04. The monoisotopic (exact) mass is 313 g/mol. The maximum Gasteiger partial charge on any atom is 0.349 e. The highest BCUT2D eigenvalue weighted by Gasteiger charge is 2.14. The number of fused-ring (bicyclic) bond motifs is 1. The number of hydrogen-bond donors (Lipinski definition) is 1. The molecule has 0 radical (unpaired) electrons. The Labute approximate surface area is 130 Å². The van der Waals surface area contributed by atoms with Gasteiger partial charge in [0, 0.05) is 17.1 Å². The maximum absolute atomic E-state index is 13.1. The third-order valence-corrected chi connectivity index (χ3v) is 3.27. The standard InChI is InChI=1S/C17H12FNO4/c1-22-13-6-5-10-7-14(17(21)23-15(10)9-13)16(20)19-12-4-2-3-11(18)8-12/h2-9H,1H3,(H,19,20). The molecule has 3 aromatic rings. The predicted molar refractivity (Wildman–Crippen MR) is 83.4 cm³/mol. The van der Waals surface area contributed by atoms with E-state index in [1.165, 1.54) is 31.4 Å². The van der Waals surface area contributed by atoms with Crippen LogP contribution in [0.5, 0.6) is 5.75 Å². The maximum atomic E-state index is 13.1. The van der Waals surface area contributed by atoms with E-state index in [1.54, 1.807) is 18.2 Å². The van der Waals surface area contributed by atoms with Gasteiger partial charge in [-0.2, -0.15) is 0 Å². The van der Waals surface area contributed by atoms with Crippen LogP contribution in [-0.2, 0) is 0 Å². The summed E-state index contributed by atoms with van der Waals surface area (Å²) in [6.07, 6.45) is 0. The van der Waals surface area contributed by atoms with Gasteiger partial charge in [0.05, 0.1) is 7.11 Å². The van der Waals surface area contributed by atoms with Gasteiger partial charge in [0.2, 0.25) is 0 Å². The van der Waals surface area contributed by atoms with Crippen molar-refractivity contribution in [2.24, 2.45) is 0 Å². The zero-order chi connectivity index (χ0) is 16.4. The first kappa shape index (κ1) is 14.8. The van der Waals surface area contributed by atoms with E-state index in [-0.39, 0.29) is 11.3 Å². The van der Waals surface area contributed by atoms with Crippen LogP contribution in [0.15, 0.2) is 57.7 Å². The van der Waals surface area contributed by atoms with E-state index in [0.29, 0.717) is 16.7 Å². The van der Waals surface area contributed by atoms with Crippen molar-refractivity contribution >= 4 is 22.6 Å². The van der Waals surface area contributed by atoms with Gasteiger partial charge in [-0.05, 0) is 36.4 Å². The highest BCUT2D eigenvalue weighted by Crippen LogP contribution is 2.20. The Morgan fingerprint density at radius 2 is 2.00 bits per heavy atom. The SMILES string of the molecule is COc1ccc2cc(C(=O)Nc3cccc(F)c3)c(=O)oc2c1. The minimum absolute atomic E-state index is 0.160. The summed E-state index contributed by atoms with van der Waals surface area (Å²) < 4.78 is 23.3. The number of ether oxygens (including phenoxy) is 1. The van der Waals surface area contributed by atoms with Gasteiger partial charge in [-0.15, -0.1) is 0 Å². The summed E-state index contributed by atoms with van der Waals surface area (Å²) >= 11 is 0. The Kier molecular flexibility index (Phi) is 3.80. The van der Waals surface area contributed by atoms with Gasteiger partial charge in [0.25, 0.3) is 5.91 Å². The Bertz CT molecular complexity index is 949. The quantitative estimate of drug-likeness (QED) is 0.754. The highest BCUT2D eigenvalue weighted by atomic mass is 19.1. The van der Waals surface area contributed by atoms with Crippen LogP contribution in [0.3, 0.4) is 0 Å². The molecular formula is C17H12FNO4. The van der Waals surface area contributed by atoms with Crippen molar-refractivity contribution in [1.29, 1.82) is 0 Å². The summed E-state index contributed by atoms with van der Waals surface area (Å²) in [6, 6.07) is 11.8. The van der Waals surface area contributed by atoms with Crippen molar-refractivity contribution < 1.29 is 18.3 Å². The number of anilines is 1. The average molecular weight is 313 g/mol. The lowest BCUT2D eigenvalue weighted by Crippen LogP contribution is -2.20. The number of carbonyl (C=O) groups is 1. The van der Waals surface area contributed by atoms with Crippen LogP contribution >= 0.6 is 0 Å². The summed E-state index contributed by atoms with van der Waals surface area (Å²) in [5.41, 5.74) is -0.368. The highest BCUT2D eigenvalue weighted by molar-refractivity contribution is 6.05. The molecule has 0 saturated heterocycles. The molecule has 0 spiro atoms. The number of carbonyl (C=O) groups excluding carboxylic acids is 1. The van der Waals surface area contributed by atoms with Gasteiger partial charge in [0.1, 0.15) is 22.7 Å². The van der Waals surface area contributed by atoms with Gasteiger partial charge in [-0.3, -0.25) is 4.79 Å². The Hall–Kier alpha value is -3.15. The van der Waals surface area contributed by atoms with Gasteiger partial charge < -0.3 is 14.5 Å². The summed E-state index contributed by atoms with van der Waals surface area (Å²) in [4.78, 5) is 24.2. The molecule has 1 heterocycles. The average Bonchev–Trinajstić information content (AvgIpc) is 2.53. The number of amides is 1. The van der Waals surface area contributed by atoms with Crippen LogP contribution < -0.4 is 15.7 Å². The lowest BCUT2D eigenvalue weighted by molar-refractivity contribution is 0.102. The lowest BCUT2D eigenvalue weighted by atomic mass is 10.1. The molecule has 0 saturated carbocycles. The van der Waals surface area contributed by atoms with E-state index >= 15 is 0 Å². The van der Waals surface area contributed by atoms with E-state index < -0.39 is 17.3 Å². The molecule has 0 unspecified atom stereocenters. The normalized spacial score (nSPS) is 10.5. The van der Waals surface area contributed by atoms with E-state index in [0.717, 1.165) is 6.07 Å². The summed E-state index contributed by atoms with van der Waals surface area (Å²) in [5.74, 6) is -0.611. The van der Waals surface area contributed by atoms with Gasteiger partial charge in [-0.1, -0.05) is 6.07 Å². The van der Waals surface area contributed by atoms with Gasteiger partial charge >= 0.3 is 5.63 Å². The second-order valence-corrected chi connectivity index (χ2v) is 4.82. The molecule has 23 heavy (non-hydrogen) atoms. The number of nitrogens with one attached hydrogen (secondary N) is 1. The largest absolute Gasteiger partial charge is 0.497 e. The molecule has 6 heteroatoms. The molecule has 0 aliphatic carbocycles. The van der Waals surface area contributed by atoms with Gasteiger partial charge in [-0.25, -0.2) is 9.18 Å². The Balaban J connectivity index is 1.97. The first-order valence-corrected chi connectivity index (χ1v) is 6.75. The van der Waals surface area contributed by atoms with E-state index in [9.17, 15) is 14.0 Å². The van der Waals surface area contributed by atoms with Crippen LogP contribution in [0.1, 0.15) is 10.4 Å². The minimum atomic E-state index is -0.778. The first-order valence-electron chi connectivity index (χ1n) is 6.75. The smallest absolute Gasteiger partial charge is 0.349 e.